The van der Waals surface area contributed by atoms with Gasteiger partial charge >= 0.3 is 6.18 Å². The summed E-state index contributed by atoms with van der Waals surface area (Å²) in [5.41, 5.74) is -1.05. The number of hydrogen-bond donors (Lipinski definition) is 1. The average Bonchev–Trinajstić information content (AvgIpc) is 2.79. The highest BCUT2D eigenvalue weighted by Gasteiger charge is 2.32. The highest BCUT2D eigenvalue weighted by atomic mass is 32.2. The first kappa shape index (κ1) is 22.2. The zero-order valence-corrected chi connectivity index (χ0v) is 17.5. The molecule has 0 spiro atoms. The third kappa shape index (κ3) is 5.44. The van der Waals surface area contributed by atoms with E-state index in [1.54, 1.807) is 48.5 Å². The second-order valence-electron chi connectivity index (χ2n) is 6.68. The largest absolute Gasteiger partial charge is 0.439 e. The van der Waals surface area contributed by atoms with Crippen LogP contribution in [-0.2, 0) is 16.2 Å². The number of hydrogen-bond acceptors (Lipinski definition) is 6. The number of ether oxygens (including phenoxy) is 1. The summed E-state index contributed by atoms with van der Waals surface area (Å²) in [6.07, 6.45) is -3.67. The van der Waals surface area contributed by atoms with E-state index in [0.29, 0.717) is 5.75 Å². The summed E-state index contributed by atoms with van der Waals surface area (Å²) in [6.45, 7) is 0. The van der Waals surface area contributed by atoms with Gasteiger partial charge in [-0.15, -0.1) is 0 Å². The average molecular weight is 472 g/mol. The Balaban J connectivity index is 1.77. The second kappa shape index (κ2) is 8.87. The van der Waals surface area contributed by atoms with Crippen LogP contribution in [0, 0.1) is 0 Å². The Morgan fingerprint density at radius 3 is 2.18 bits per heavy atom. The molecule has 0 aliphatic rings. The van der Waals surface area contributed by atoms with Crippen LogP contribution in [0.15, 0.2) is 90.0 Å². The van der Waals surface area contributed by atoms with Gasteiger partial charge in [-0.3, -0.25) is 4.98 Å². The van der Waals surface area contributed by atoms with Crippen molar-refractivity contribution in [3.05, 3.63) is 90.8 Å². The van der Waals surface area contributed by atoms with Crippen LogP contribution in [0.1, 0.15) is 5.69 Å². The van der Waals surface area contributed by atoms with Gasteiger partial charge in [-0.25, -0.2) is 18.1 Å². The first-order chi connectivity index (χ1) is 15.7. The van der Waals surface area contributed by atoms with Gasteiger partial charge in [0.05, 0.1) is 10.6 Å². The summed E-state index contributed by atoms with van der Waals surface area (Å²) in [7, 11) is -4.06. The minimum Gasteiger partial charge on any atom is -0.439 e. The molecular weight excluding hydrogens is 457 g/mol. The lowest BCUT2D eigenvalue weighted by Gasteiger charge is -2.12. The minimum atomic E-state index is -4.66. The Hall–Kier alpha value is -3.99. The first-order valence-corrected chi connectivity index (χ1v) is 10.9. The van der Waals surface area contributed by atoms with Crippen molar-refractivity contribution >= 4 is 16.0 Å². The molecule has 0 unspecified atom stereocenters. The van der Waals surface area contributed by atoms with E-state index in [1.165, 1.54) is 24.3 Å². The Morgan fingerprint density at radius 2 is 1.52 bits per heavy atom. The van der Waals surface area contributed by atoms with Gasteiger partial charge in [0.1, 0.15) is 11.4 Å². The fraction of sp³-hybridized carbons (Fsp3) is 0.0455. The molecule has 0 fully saturated rings. The molecule has 0 aliphatic carbocycles. The molecular formula is C22H15F3N4O3S. The molecule has 33 heavy (non-hydrogen) atoms. The number of sulfonamides is 1. The van der Waals surface area contributed by atoms with E-state index in [9.17, 15) is 21.6 Å². The van der Waals surface area contributed by atoms with Crippen LogP contribution in [0.2, 0.25) is 0 Å². The molecule has 1 N–H and O–H groups in total. The highest BCUT2D eigenvalue weighted by molar-refractivity contribution is 7.92. The Bertz CT molecular complexity index is 1370. The van der Waals surface area contributed by atoms with E-state index in [4.69, 9.17) is 4.74 Å². The van der Waals surface area contributed by atoms with E-state index in [0.717, 1.165) is 12.3 Å². The van der Waals surface area contributed by atoms with Crippen LogP contribution in [-0.4, -0.2) is 23.4 Å². The van der Waals surface area contributed by atoms with Gasteiger partial charge in [0.15, 0.2) is 0 Å². The van der Waals surface area contributed by atoms with E-state index >= 15 is 0 Å². The van der Waals surface area contributed by atoms with Gasteiger partial charge in [0.25, 0.3) is 10.0 Å². The normalized spacial score (nSPS) is 11.7. The monoisotopic (exact) mass is 472 g/mol. The predicted molar refractivity (Wildman–Crippen MR) is 114 cm³/mol. The van der Waals surface area contributed by atoms with Gasteiger partial charge in [-0.2, -0.15) is 18.2 Å². The van der Waals surface area contributed by atoms with Crippen molar-refractivity contribution in [2.24, 2.45) is 0 Å². The molecule has 7 nitrogen and oxygen atoms in total. The summed E-state index contributed by atoms with van der Waals surface area (Å²) in [4.78, 5) is 11.5. The summed E-state index contributed by atoms with van der Waals surface area (Å²) in [6, 6.07) is 19.4. The molecule has 0 atom stereocenters. The molecule has 11 heteroatoms. The van der Waals surface area contributed by atoms with Gasteiger partial charge in [-0.1, -0.05) is 36.4 Å². The van der Waals surface area contributed by atoms with Gasteiger partial charge < -0.3 is 4.74 Å². The number of anilines is 1. The fourth-order valence-electron chi connectivity index (χ4n) is 2.80. The van der Waals surface area contributed by atoms with Crippen molar-refractivity contribution in [1.29, 1.82) is 0 Å². The number of para-hydroxylation sites is 1. The number of nitrogens with one attached hydrogen (secondary N) is 1. The fourth-order valence-corrected chi connectivity index (χ4v) is 3.77. The quantitative estimate of drug-likeness (QED) is 0.417. The van der Waals surface area contributed by atoms with Crippen LogP contribution >= 0.6 is 0 Å². The topological polar surface area (TPSA) is 94.1 Å². The number of rotatable bonds is 6. The minimum absolute atomic E-state index is 0.00888. The zero-order chi connectivity index (χ0) is 23.5. The number of alkyl halides is 3. The molecule has 0 saturated carbocycles. The third-order valence-electron chi connectivity index (χ3n) is 4.29. The number of nitrogens with zero attached hydrogens (tertiary/aromatic N) is 3. The lowest BCUT2D eigenvalue weighted by Crippen LogP contribution is -2.15. The molecule has 0 radical (unpaired) electrons. The van der Waals surface area contributed by atoms with Crippen molar-refractivity contribution in [2.75, 3.05) is 4.72 Å². The standard InChI is InChI=1S/C22H15F3N4O3S/c23-22(24,25)19-13-15(11-12-26-19)18-14-20(32-16-7-3-1-4-8-16)28-21(27-18)29-33(30,31)17-9-5-2-6-10-17/h1-14H,(H,27,28,29). The first-order valence-electron chi connectivity index (χ1n) is 9.44. The second-order valence-corrected chi connectivity index (χ2v) is 8.36. The molecule has 0 amide bonds. The van der Waals surface area contributed by atoms with E-state index < -0.39 is 21.9 Å². The Labute approximate surface area is 187 Å². The number of aromatic nitrogens is 3. The van der Waals surface area contributed by atoms with E-state index in [-0.39, 0.29) is 28.0 Å². The van der Waals surface area contributed by atoms with E-state index in [2.05, 4.69) is 19.7 Å². The zero-order valence-electron chi connectivity index (χ0n) is 16.7. The van der Waals surface area contributed by atoms with Crippen molar-refractivity contribution in [1.82, 2.24) is 15.0 Å². The van der Waals surface area contributed by atoms with Crippen LogP contribution in [0.5, 0.6) is 11.6 Å². The van der Waals surface area contributed by atoms with Crippen LogP contribution in [0.4, 0.5) is 19.1 Å². The number of halogens is 3. The van der Waals surface area contributed by atoms with E-state index in [1.807, 2.05) is 0 Å². The third-order valence-corrected chi connectivity index (χ3v) is 5.64. The number of benzene rings is 2. The van der Waals surface area contributed by atoms with Gasteiger partial charge in [0, 0.05) is 17.8 Å². The molecule has 2 aromatic carbocycles. The lowest BCUT2D eigenvalue weighted by atomic mass is 10.1. The van der Waals surface area contributed by atoms with Crippen LogP contribution in [0.3, 0.4) is 0 Å². The molecule has 0 bridgehead atoms. The molecule has 4 aromatic rings. The summed E-state index contributed by atoms with van der Waals surface area (Å²) >= 11 is 0. The van der Waals surface area contributed by atoms with Gasteiger partial charge in [0.2, 0.25) is 11.8 Å². The summed E-state index contributed by atoms with van der Waals surface area (Å²) < 4.78 is 72.7. The van der Waals surface area contributed by atoms with Crippen LogP contribution in [0.25, 0.3) is 11.3 Å². The molecule has 168 valence electrons. The predicted octanol–water partition coefficient (Wildman–Crippen LogP) is 5.15. The summed E-state index contributed by atoms with van der Waals surface area (Å²) in [5, 5.41) is 0. The molecule has 4 rings (SSSR count). The Kier molecular flexibility index (Phi) is 5.97. The van der Waals surface area contributed by atoms with Crippen molar-refractivity contribution < 1.29 is 26.3 Å². The lowest BCUT2D eigenvalue weighted by molar-refractivity contribution is -0.141. The molecule has 2 aromatic heterocycles. The van der Waals surface area contributed by atoms with Gasteiger partial charge in [-0.05, 0) is 36.4 Å². The van der Waals surface area contributed by atoms with Crippen LogP contribution < -0.4 is 9.46 Å². The maximum absolute atomic E-state index is 13.1. The highest BCUT2D eigenvalue weighted by Crippen LogP contribution is 2.32. The molecule has 0 aliphatic heterocycles. The Morgan fingerprint density at radius 1 is 0.848 bits per heavy atom. The summed E-state index contributed by atoms with van der Waals surface area (Å²) in [5.74, 6) is -0.0419. The maximum atomic E-state index is 13.1. The number of pyridine rings is 1. The smallest absolute Gasteiger partial charge is 0.433 e. The van der Waals surface area contributed by atoms with Crippen molar-refractivity contribution in [3.8, 4) is 22.9 Å². The molecule has 0 saturated heterocycles. The molecule has 2 heterocycles. The maximum Gasteiger partial charge on any atom is 0.433 e. The SMILES string of the molecule is O=S(=O)(Nc1nc(Oc2ccccc2)cc(-c2ccnc(C(F)(F)F)c2)n1)c1ccccc1. The van der Waals surface area contributed by atoms with Crippen molar-refractivity contribution in [2.45, 2.75) is 11.1 Å². The van der Waals surface area contributed by atoms with Crippen molar-refractivity contribution in [3.63, 3.8) is 0 Å².